The Bertz CT molecular complexity index is 400. The number of nitrogen functional groups attached to an aromatic ring is 1. The van der Waals surface area contributed by atoms with Gasteiger partial charge in [0.1, 0.15) is 0 Å². The van der Waals surface area contributed by atoms with Gasteiger partial charge in [-0.15, -0.1) is 5.10 Å². The SMILES string of the molecule is Nc1n[nH]c(C(=O)O)n1.O=S(=O)(O)O. The summed E-state index contributed by atoms with van der Waals surface area (Å²) < 4.78 is 31.6. The normalized spacial score (nSPS) is 10.1. The standard InChI is InChI=1S/C3H4N4O2.H2O4S/c4-3-5-1(2(8)9)6-7-3;1-5(2,3)4/h(H,8,9)(H3,4,5,6,7);(H2,1,2,3,4). The van der Waals surface area contributed by atoms with Crippen molar-refractivity contribution in [2.75, 3.05) is 5.73 Å². The summed E-state index contributed by atoms with van der Waals surface area (Å²) in [6, 6.07) is 0. The van der Waals surface area contributed by atoms with Crippen molar-refractivity contribution in [3.05, 3.63) is 5.82 Å². The predicted molar refractivity (Wildman–Crippen MR) is 41.9 cm³/mol. The van der Waals surface area contributed by atoms with Gasteiger partial charge in [-0.1, -0.05) is 0 Å². The van der Waals surface area contributed by atoms with Crippen LogP contribution in [-0.4, -0.2) is 43.8 Å². The molecule has 0 saturated carbocycles. The molecule has 0 aliphatic rings. The number of nitrogens with zero attached hydrogens (tertiary/aromatic N) is 2. The second kappa shape index (κ2) is 4.50. The Morgan fingerprint density at radius 3 is 2.00 bits per heavy atom. The van der Waals surface area contributed by atoms with E-state index >= 15 is 0 Å². The zero-order valence-corrected chi connectivity index (χ0v) is 7.26. The first-order chi connectivity index (χ1) is 6.20. The van der Waals surface area contributed by atoms with Crippen LogP contribution in [0.25, 0.3) is 0 Å². The Hall–Kier alpha value is -1.72. The molecule has 1 aromatic heterocycles. The molecule has 0 aliphatic carbocycles. The summed E-state index contributed by atoms with van der Waals surface area (Å²) in [6.45, 7) is 0. The number of H-pyrrole nitrogens is 1. The minimum atomic E-state index is -4.67. The predicted octanol–water partition coefficient (Wildman–Crippen LogP) is -1.57. The molecule has 0 spiro atoms. The van der Waals surface area contributed by atoms with Crippen molar-refractivity contribution >= 4 is 22.3 Å². The van der Waals surface area contributed by atoms with E-state index in [2.05, 4.69) is 15.2 Å². The maximum Gasteiger partial charge on any atom is 0.394 e. The Labute approximate surface area is 77.3 Å². The van der Waals surface area contributed by atoms with Gasteiger partial charge in [0, 0.05) is 0 Å². The van der Waals surface area contributed by atoms with E-state index in [1.807, 2.05) is 0 Å². The number of anilines is 1. The lowest BCUT2D eigenvalue weighted by Crippen LogP contribution is -1.98. The summed E-state index contributed by atoms with van der Waals surface area (Å²) in [5, 5.41) is 13.6. The van der Waals surface area contributed by atoms with E-state index in [4.69, 9.17) is 28.4 Å². The maximum absolute atomic E-state index is 10.0. The summed E-state index contributed by atoms with van der Waals surface area (Å²) >= 11 is 0. The van der Waals surface area contributed by atoms with Gasteiger partial charge < -0.3 is 10.8 Å². The van der Waals surface area contributed by atoms with Crippen LogP contribution in [0.4, 0.5) is 5.95 Å². The number of aromatic amines is 1. The zero-order chi connectivity index (χ0) is 11.4. The molecule has 0 fully saturated rings. The quantitative estimate of drug-likeness (QED) is 0.353. The molecule has 0 aromatic carbocycles. The molecule has 0 aliphatic heterocycles. The second-order valence-electron chi connectivity index (χ2n) is 1.80. The van der Waals surface area contributed by atoms with Crippen molar-refractivity contribution in [3.63, 3.8) is 0 Å². The molecule has 6 N–H and O–H groups in total. The number of nitrogens with one attached hydrogen (secondary N) is 1. The molecule has 11 heteroatoms. The molecule has 1 aromatic rings. The van der Waals surface area contributed by atoms with Crippen LogP contribution in [0.15, 0.2) is 0 Å². The molecule has 10 nitrogen and oxygen atoms in total. The van der Waals surface area contributed by atoms with Crippen molar-refractivity contribution in [3.8, 4) is 0 Å². The van der Waals surface area contributed by atoms with E-state index in [1.54, 1.807) is 0 Å². The van der Waals surface area contributed by atoms with E-state index in [-0.39, 0.29) is 11.8 Å². The third-order valence-corrected chi connectivity index (χ3v) is 0.705. The van der Waals surface area contributed by atoms with Gasteiger partial charge in [0.15, 0.2) is 0 Å². The van der Waals surface area contributed by atoms with Gasteiger partial charge in [-0.3, -0.25) is 14.2 Å². The maximum atomic E-state index is 10.0. The first kappa shape index (κ1) is 12.3. The van der Waals surface area contributed by atoms with Crippen molar-refractivity contribution in [2.24, 2.45) is 0 Å². The fraction of sp³-hybridized carbons (Fsp3) is 0. The van der Waals surface area contributed by atoms with E-state index in [0.29, 0.717) is 0 Å². The van der Waals surface area contributed by atoms with Crippen LogP contribution in [0.2, 0.25) is 0 Å². The van der Waals surface area contributed by atoms with Crippen molar-refractivity contribution in [1.82, 2.24) is 15.2 Å². The Kier molecular flexibility index (Phi) is 3.95. The molecule has 0 saturated heterocycles. The Morgan fingerprint density at radius 1 is 1.43 bits per heavy atom. The van der Waals surface area contributed by atoms with E-state index in [1.165, 1.54) is 0 Å². The first-order valence-electron chi connectivity index (χ1n) is 2.81. The molecule has 1 rings (SSSR count). The summed E-state index contributed by atoms with van der Waals surface area (Å²) in [7, 11) is -4.67. The molecule has 80 valence electrons. The third kappa shape index (κ3) is 6.96. The lowest BCUT2D eigenvalue weighted by molar-refractivity contribution is 0.0684. The highest BCUT2D eigenvalue weighted by molar-refractivity contribution is 7.79. The number of carbonyl (C=O) groups is 1. The number of carboxylic acids is 1. The number of carboxylic acid groups (broad SMARTS) is 1. The molecule has 0 amide bonds. The largest absolute Gasteiger partial charge is 0.475 e. The van der Waals surface area contributed by atoms with Gasteiger partial charge in [0.2, 0.25) is 11.8 Å². The molecule has 0 radical (unpaired) electrons. The zero-order valence-electron chi connectivity index (χ0n) is 6.45. The van der Waals surface area contributed by atoms with Crippen molar-refractivity contribution in [1.29, 1.82) is 0 Å². The molecular formula is C3H6N4O6S. The highest BCUT2D eigenvalue weighted by atomic mass is 32.3. The van der Waals surface area contributed by atoms with Crippen molar-refractivity contribution in [2.45, 2.75) is 0 Å². The fourth-order valence-corrected chi connectivity index (χ4v) is 0.370. The first-order valence-corrected chi connectivity index (χ1v) is 4.21. The lowest BCUT2D eigenvalue weighted by atomic mass is 10.6. The molecule has 0 unspecified atom stereocenters. The minimum absolute atomic E-state index is 0.0626. The number of aromatic carboxylic acids is 1. The van der Waals surface area contributed by atoms with Gasteiger partial charge in [-0.25, -0.2) is 4.79 Å². The van der Waals surface area contributed by atoms with Crippen LogP contribution >= 0.6 is 0 Å². The van der Waals surface area contributed by atoms with Gasteiger partial charge >= 0.3 is 16.4 Å². The van der Waals surface area contributed by atoms with E-state index in [0.717, 1.165) is 0 Å². The average Bonchev–Trinajstić information content (AvgIpc) is 2.31. The summed E-state index contributed by atoms with van der Waals surface area (Å²) in [5.41, 5.74) is 5.00. The third-order valence-electron chi connectivity index (χ3n) is 0.705. The van der Waals surface area contributed by atoms with Gasteiger partial charge in [-0.2, -0.15) is 13.4 Å². The Balaban J connectivity index is 0.000000292. The van der Waals surface area contributed by atoms with Crippen LogP contribution in [0.1, 0.15) is 10.6 Å². The van der Waals surface area contributed by atoms with Gasteiger partial charge in [-0.05, 0) is 0 Å². The minimum Gasteiger partial charge on any atom is -0.475 e. The highest BCUT2D eigenvalue weighted by Crippen LogP contribution is 1.90. The molecule has 0 bridgehead atoms. The number of nitrogens with two attached hydrogens (primary N) is 1. The monoisotopic (exact) mass is 226 g/mol. The second-order valence-corrected chi connectivity index (χ2v) is 2.69. The topological polar surface area (TPSA) is 179 Å². The van der Waals surface area contributed by atoms with Crippen LogP contribution in [0, 0.1) is 0 Å². The van der Waals surface area contributed by atoms with E-state index in [9.17, 15) is 4.79 Å². The molecule has 1 heterocycles. The number of hydrogen-bond donors (Lipinski definition) is 5. The fourth-order valence-electron chi connectivity index (χ4n) is 0.370. The van der Waals surface area contributed by atoms with Crippen LogP contribution in [0.5, 0.6) is 0 Å². The number of aromatic nitrogens is 3. The lowest BCUT2D eigenvalue weighted by Gasteiger charge is -1.77. The van der Waals surface area contributed by atoms with Crippen LogP contribution < -0.4 is 5.73 Å². The average molecular weight is 226 g/mol. The van der Waals surface area contributed by atoms with Gasteiger partial charge in [0.05, 0.1) is 0 Å². The summed E-state index contributed by atoms with van der Waals surface area (Å²) in [6.07, 6.45) is 0. The summed E-state index contributed by atoms with van der Waals surface area (Å²) in [4.78, 5) is 13.3. The van der Waals surface area contributed by atoms with E-state index < -0.39 is 16.4 Å². The molecule has 0 atom stereocenters. The molecular weight excluding hydrogens is 220 g/mol. The van der Waals surface area contributed by atoms with Gasteiger partial charge in [0.25, 0.3) is 0 Å². The number of hydrogen-bond acceptors (Lipinski definition) is 6. The highest BCUT2D eigenvalue weighted by Gasteiger charge is 2.05. The molecule has 14 heavy (non-hydrogen) atoms. The van der Waals surface area contributed by atoms with Crippen LogP contribution in [-0.2, 0) is 10.4 Å². The van der Waals surface area contributed by atoms with Crippen LogP contribution in [0.3, 0.4) is 0 Å². The number of rotatable bonds is 1. The smallest absolute Gasteiger partial charge is 0.394 e. The Morgan fingerprint density at radius 2 is 1.86 bits per heavy atom. The van der Waals surface area contributed by atoms with Crippen molar-refractivity contribution < 1.29 is 27.4 Å². The summed E-state index contributed by atoms with van der Waals surface area (Å²) in [5.74, 6) is -1.47.